The Morgan fingerprint density at radius 2 is 2.39 bits per heavy atom. The molecule has 0 amide bonds. The number of thiophene rings is 1. The minimum absolute atomic E-state index is 0.150. The number of nitro groups is 1. The van der Waals surface area contributed by atoms with Crippen LogP contribution in [0.5, 0.6) is 0 Å². The molecule has 0 bridgehead atoms. The maximum absolute atomic E-state index is 10.9. The molecule has 0 saturated carbocycles. The average Bonchev–Trinajstić information content (AvgIpc) is 2.82. The molecule has 2 heterocycles. The number of anilines is 3. The fourth-order valence-electron chi connectivity index (χ4n) is 1.32. The van der Waals surface area contributed by atoms with E-state index < -0.39 is 4.92 Å². The lowest BCUT2D eigenvalue weighted by Crippen LogP contribution is -2.06. The third kappa shape index (κ3) is 2.72. The van der Waals surface area contributed by atoms with E-state index in [1.54, 1.807) is 0 Å². The molecule has 0 unspecified atom stereocenters. The van der Waals surface area contributed by atoms with E-state index in [9.17, 15) is 10.1 Å². The van der Waals surface area contributed by atoms with Gasteiger partial charge in [-0.2, -0.15) is 16.3 Å². The predicted molar refractivity (Wildman–Crippen MR) is 70.5 cm³/mol. The van der Waals surface area contributed by atoms with Crippen LogP contribution in [0.25, 0.3) is 0 Å². The van der Waals surface area contributed by atoms with Crippen molar-refractivity contribution in [1.29, 1.82) is 0 Å². The van der Waals surface area contributed by atoms with Gasteiger partial charge in [0.1, 0.15) is 6.20 Å². The van der Waals surface area contributed by atoms with E-state index in [0.29, 0.717) is 12.5 Å². The molecule has 0 aromatic carbocycles. The van der Waals surface area contributed by atoms with Crippen molar-refractivity contribution in [3.8, 4) is 0 Å². The quantitative estimate of drug-likeness (QED) is 0.637. The van der Waals surface area contributed by atoms with E-state index in [0.717, 1.165) is 5.69 Å². The van der Waals surface area contributed by atoms with Gasteiger partial charge in [-0.3, -0.25) is 10.1 Å². The average molecular weight is 265 g/mol. The summed E-state index contributed by atoms with van der Waals surface area (Å²) in [4.78, 5) is 18.3. The molecule has 0 saturated heterocycles. The van der Waals surface area contributed by atoms with Crippen LogP contribution in [0.4, 0.5) is 23.1 Å². The molecule has 0 aliphatic carbocycles. The van der Waals surface area contributed by atoms with E-state index >= 15 is 0 Å². The monoisotopic (exact) mass is 265 g/mol. The third-order valence-electron chi connectivity index (χ3n) is 2.08. The van der Waals surface area contributed by atoms with Crippen LogP contribution in [0, 0.1) is 10.1 Å². The maximum Gasteiger partial charge on any atom is 0.329 e. The fourth-order valence-corrected chi connectivity index (χ4v) is 1.90. The van der Waals surface area contributed by atoms with E-state index in [1.165, 1.54) is 17.5 Å². The molecule has 8 heteroatoms. The Bertz CT molecular complexity index is 543. The first-order valence-corrected chi connectivity index (χ1v) is 6.19. The fraction of sp³-hybridized carbons (Fsp3) is 0.200. The lowest BCUT2D eigenvalue weighted by molar-refractivity contribution is -0.384. The number of hydrogen-bond acceptors (Lipinski definition) is 7. The summed E-state index contributed by atoms with van der Waals surface area (Å²) in [6.07, 6.45) is 1.19. The second kappa shape index (κ2) is 5.41. The normalized spacial score (nSPS) is 10.1. The Balaban J connectivity index is 2.34. The van der Waals surface area contributed by atoms with Gasteiger partial charge in [0.25, 0.3) is 0 Å². The Hall–Kier alpha value is -2.22. The van der Waals surface area contributed by atoms with Crippen LogP contribution < -0.4 is 10.6 Å². The van der Waals surface area contributed by atoms with Gasteiger partial charge in [-0.15, -0.1) is 0 Å². The van der Waals surface area contributed by atoms with Crippen molar-refractivity contribution in [2.75, 3.05) is 17.2 Å². The van der Waals surface area contributed by atoms with Crippen LogP contribution in [0.3, 0.4) is 0 Å². The van der Waals surface area contributed by atoms with Crippen LogP contribution in [0.1, 0.15) is 6.92 Å². The largest absolute Gasteiger partial charge is 0.354 e. The summed E-state index contributed by atoms with van der Waals surface area (Å²) in [6.45, 7) is 2.55. The Labute approximate surface area is 107 Å². The Morgan fingerprint density at radius 3 is 3.00 bits per heavy atom. The van der Waals surface area contributed by atoms with E-state index in [1.807, 2.05) is 23.8 Å². The van der Waals surface area contributed by atoms with Gasteiger partial charge in [-0.05, 0) is 18.4 Å². The number of aromatic nitrogens is 2. The topological polar surface area (TPSA) is 93.0 Å². The molecule has 0 spiro atoms. The van der Waals surface area contributed by atoms with Crippen LogP contribution >= 0.6 is 11.3 Å². The zero-order valence-corrected chi connectivity index (χ0v) is 10.4. The second-order valence-electron chi connectivity index (χ2n) is 3.35. The van der Waals surface area contributed by atoms with Crippen molar-refractivity contribution in [2.45, 2.75) is 6.92 Å². The van der Waals surface area contributed by atoms with Gasteiger partial charge in [0.2, 0.25) is 11.8 Å². The molecule has 0 aliphatic heterocycles. The van der Waals surface area contributed by atoms with Crippen molar-refractivity contribution < 1.29 is 4.92 Å². The minimum atomic E-state index is -0.509. The summed E-state index contributed by atoms with van der Waals surface area (Å²) in [5, 5.41) is 20.4. The second-order valence-corrected chi connectivity index (χ2v) is 4.13. The van der Waals surface area contributed by atoms with Crippen LogP contribution in [-0.4, -0.2) is 21.4 Å². The van der Waals surface area contributed by atoms with Gasteiger partial charge in [-0.1, -0.05) is 0 Å². The lowest BCUT2D eigenvalue weighted by Gasteiger charge is -2.06. The molecule has 2 N–H and O–H groups in total. The Kier molecular flexibility index (Phi) is 3.68. The van der Waals surface area contributed by atoms with Crippen molar-refractivity contribution in [3.05, 3.63) is 33.1 Å². The van der Waals surface area contributed by atoms with Crippen molar-refractivity contribution in [2.24, 2.45) is 0 Å². The first-order chi connectivity index (χ1) is 8.70. The van der Waals surface area contributed by atoms with Crippen molar-refractivity contribution in [1.82, 2.24) is 9.97 Å². The summed E-state index contributed by atoms with van der Waals surface area (Å²) < 4.78 is 0. The number of hydrogen-bond donors (Lipinski definition) is 2. The maximum atomic E-state index is 10.9. The van der Waals surface area contributed by atoms with Crippen LogP contribution in [-0.2, 0) is 0 Å². The molecule has 2 aromatic rings. The van der Waals surface area contributed by atoms with Gasteiger partial charge in [0, 0.05) is 11.9 Å². The van der Waals surface area contributed by atoms with Gasteiger partial charge in [0.15, 0.2) is 0 Å². The molecule has 18 heavy (non-hydrogen) atoms. The highest BCUT2D eigenvalue weighted by Gasteiger charge is 2.17. The van der Waals surface area contributed by atoms with E-state index in [2.05, 4.69) is 20.6 Å². The molecule has 94 valence electrons. The molecule has 0 atom stereocenters. The Morgan fingerprint density at radius 1 is 1.56 bits per heavy atom. The number of nitrogens with one attached hydrogen (secondary N) is 2. The summed E-state index contributed by atoms with van der Waals surface area (Å²) in [7, 11) is 0. The highest BCUT2D eigenvalue weighted by Crippen LogP contribution is 2.26. The molecule has 2 rings (SSSR count). The first-order valence-electron chi connectivity index (χ1n) is 5.25. The van der Waals surface area contributed by atoms with Gasteiger partial charge >= 0.3 is 5.69 Å². The standard InChI is InChI=1S/C10H11N5O2S/c1-2-11-10-12-5-8(15(16)17)9(14-10)13-7-3-4-18-6-7/h3-6H,2H2,1H3,(H2,11,12,13,14). The van der Waals surface area contributed by atoms with Crippen LogP contribution in [0.2, 0.25) is 0 Å². The molecular weight excluding hydrogens is 254 g/mol. The molecule has 2 aromatic heterocycles. The van der Waals surface area contributed by atoms with E-state index in [4.69, 9.17) is 0 Å². The number of nitrogens with zero attached hydrogens (tertiary/aromatic N) is 3. The molecule has 0 fully saturated rings. The summed E-state index contributed by atoms with van der Waals surface area (Å²) >= 11 is 1.50. The summed E-state index contributed by atoms with van der Waals surface area (Å²) in [6, 6.07) is 1.82. The lowest BCUT2D eigenvalue weighted by atomic mass is 10.4. The molecule has 0 radical (unpaired) electrons. The zero-order chi connectivity index (χ0) is 13.0. The predicted octanol–water partition coefficient (Wildman–Crippen LogP) is 2.62. The van der Waals surface area contributed by atoms with Gasteiger partial charge in [0.05, 0.1) is 10.6 Å². The summed E-state index contributed by atoms with van der Waals surface area (Å²) in [5.41, 5.74) is 0.618. The molecule has 7 nitrogen and oxygen atoms in total. The van der Waals surface area contributed by atoms with Gasteiger partial charge in [-0.25, -0.2) is 4.98 Å². The first kappa shape index (κ1) is 12.2. The van der Waals surface area contributed by atoms with Gasteiger partial charge < -0.3 is 10.6 Å². The highest BCUT2D eigenvalue weighted by molar-refractivity contribution is 7.08. The molecular formula is C10H11N5O2S. The third-order valence-corrected chi connectivity index (χ3v) is 2.77. The minimum Gasteiger partial charge on any atom is -0.354 e. The summed E-state index contributed by atoms with van der Waals surface area (Å²) in [5.74, 6) is 0.546. The van der Waals surface area contributed by atoms with Crippen LogP contribution in [0.15, 0.2) is 23.0 Å². The number of rotatable bonds is 5. The molecule has 0 aliphatic rings. The highest BCUT2D eigenvalue weighted by atomic mass is 32.1. The smallest absolute Gasteiger partial charge is 0.329 e. The van der Waals surface area contributed by atoms with Crippen molar-refractivity contribution in [3.63, 3.8) is 0 Å². The zero-order valence-electron chi connectivity index (χ0n) is 9.58. The van der Waals surface area contributed by atoms with E-state index in [-0.39, 0.29) is 11.5 Å². The SMILES string of the molecule is CCNc1ncc([N+](=O)[O-])c(Nc2ccsc2)n1. The van der Waals surface area contributed by atoms with Crippen molar-refractivity contribution >= 4 is 34.5 Å².